The smallest absolute Gasteiger partial charge is 0.129 e. The van der Waals surface area contributed by atoms with Crippen molar-refractivity contribution in [2.24, 2.45) is 5.92 Å². The van der Waals surface area contributed by atoms with Gasteiger partial charge < -0.3 is 9.47 Å². The number of methoxy groups -OCH3 is 1. The third kappa shape index (κ3) is 6.84. The van der Waals surface area contributed by atoms with Crippen molar-refractivity contribution in [1.29, 1.82) is 0 Å². The van der Waals surface area contributed by atoms with Crippen LogP contribution in [-0.4, -0.2) is 21.3 Å². The second-order valence-electron chi connectivity index (χ2n) is 6.48. The molecule has 0 radical (unpaired) electrons. The van der Waals surface area contributed by atoms with E-state index in [2.05, 4.69) is 45.0 Å². The fourth-order valence-electron chi connectivity index (χ4n) is 1.76. The molecule has 0 unspecified atom stereocenters. The summed E-state index contributed by atoms with van der Waals surface area (Å²) >= 11 is 0. The Labute approximate surface area is 130 Å². The molecule has 0 saturated heterocycles. The molecule has 0 aromatic heterocycles. The van der Waals surface area contributed by atoms with Crippen LogP contribution < -0.4 is 4.74 Å². The zero-order chi connectivity index (χ0) is 15.9. The summed E-state index contributed by atoms with van der Waals surface area (Å²) in [5.74, 6) is 4.69. The lowest BCUT2D eigenvalue weighted by Crippen LogP contribution is -2.23. The largest absolute Gasteiger partial charge is 0.497 e. The van der Waals surface area contributed by atoms with Crippen molar-refractivity contribution < 1.29 is 9.47 Å². The molecule has 3 heteroatoms. The van der Waals surface area contributed by atoms with Crippen LogP contribution in [0.2, 0.25) is 19.6 Å². The molecule has 0 fully saturated rings. The van der Waals surface area contributed by atoms with Crippen molar-refractivity contribution in [3.05, 3.63) is 29.8 Å². The lowest BCUT2D eigenvalue weighted by Gasteiger charge is -2.19. The third-order valence-electron chi connectivity index (χ3n) is 3.34. The van der Waals surface area contributed by atoms with Crippen LogP contribution in [0.1, 0.15) is 25.8 Å². The van der Waals surface area contributed by atoms with Crippen LogP contribution in [0.5, 0.6) is 5.75 Å². The van der Waals surface area contributed by atoms with Crippen LogP contribution in [0.15, 0.2) is 24.3 Å². The maximum atomic E-state index is 6.06. The van der Waals surface area contributed by atoms with Gasteiger partial charge >= 0.3 is 0 Å². The van der Waals surface area contributed by atoms with Gasteiger partial charge in [-0.25, -0.2) is 0 Å². The summed E-state index contributed by atoms with van der Waals surface area (Å²) in [5, 5.41) is 0. The Balaban J connectivity index is 2.69. The molecular weight excluding hydrogens is 276 g/mol. The minimum atomic E-state index is -1.36. The summed E-state index contributed by atoms with van der Waals surface area (Å²) < 4.78 is 11.2. The summed E-state index contributed by atoms with van der Waals surface area (Å²) in [5.41, 5.74) is 4.59. The van der Waals surface area contributed by atoms with Crippen LogP contribution in [-0.2, 0) is 11.3 Å². The molecule has 116 valence electrons. The maximum absolute atomic E-state index is 6.06. The van der Waals surface area contributed by atoms with Crippen molar-refractivity contribution in [3.8, 4) is 17.2 Å². The molecule has 1 aromatic rings. The summed E-state index contributed by atoms with van der Waals surface area (Å²) in [6.07, 6.45) is 1.09. The molecule has 21 heavy (non-hydrogen) atoms. The third-order valence-corrected chi connectivity index (χ3v) is 4.23. The fourth-order valence-corrected chi connectivity index (χ4v) is 2.33. The molecule has 0 bridgehead atoms. The average Bonchev–Trinajstić information content (AvgIpc) is 2.46. The molecule has 0 saturated carbocycles. The van der Waals surface area contributed by atoms with Crippen molar-refractivity contribution in [2.45, 2.75) is 52.6 Å². The Morgan fingerprint density at radius 3 is 2.24 bits per heavy atom. The van der Waals surface area contributed by atoms with Crippen LogP contribution in [0.25, 0.3) is 0 Å². The number of hydrogen-bond acceptors (Lipinski definition) is 2. The molecule has 0 aliphatic carbocycles. The van der Waals surface area contributed by atoms with Gasteiger partial charge in [-0.2, -0.15) is 0 Å². The van der Waals surface area contributed by atoms with E-state index >= 15 is 0 Å². The number of benzene rings is 1. The summed E-state index contributed by atoms with van der Waals surface area (Å²) in [7, 11) is 0.320. The SMILES string of the molecule is CC[C@H](C)[C@@H](C#C[Si](C)(C)C)OCc1ccc(OC)cc1. The Bertz CT molecular complexity index is 477. The second kappa shape index (κ2) is 8.26. The standard InChI is InChI=1S/C18H28O2Si/c1-7-15(2)18(12-13-21(4,5)6)20-14-16-8-10-17(19-3)11-9-16/h8-11,15,18H,7,14H2,1-6H3/t15-,18+/m0/s1. The van der Waals surface area contributed by atoms with Gasteiger partial charge in [0.25, 0.3) is 0 Å². The Morgan fingerprint density at radius 2 is 1.76 bits per heavy atom. The van der Waals surface area contributed by atoms with Gasteiger partial charge in [-0.3, -0.25) is 0 Å². The van der Waals surface area contributed by atoms with Gasteiger partial charge in [0.15, 0.2) is 0 Å². The van der Waals surface area contributed by atoms with Crippen molar-refractivity contribution >= 4 is 8.07 Å². The van der Waals surface area contributed by atoms with Crippen LogP contribution in [0, 0.1) is 17.4 Å². The first-order chi connectivity index (χ1) is 9.85. The van der Waals surface area contributed by atoms with Crippen molar-refractivity contribution in [3.63, 3.8) is 0 Å². The van der Waals surface area contributed by atoms with E-state index in [1.54, 1.807) is 7.11 Å². The molecule has 0 N–H and O–H groups in total. The number of ether oxygens (including phenoxy) is 2. The van der Waals surface area contributed by atoms with Crippen molar-refractivity contribution in [2.75, 3.05) is 7.11 Å². The molecule has 0 amide bonds. The predicted octanol–water partition coefficient (Wildman–Crippen LogP) is 4.51. The van der Waals surface area contributed by atoms with E-state index in [0.717, 1.165) is 17.7 Å². The van der Waals surface area contributed by atoms with E-state index in [4.69, 9.17) is 9.47 Å². The molecular formula is C18H28O2Si. The minimum Gasteiger partial charge on any atom is -0.497 e. The zero-order valence-corrected chi connectivity index (χ0v) is 15.2. The monoisotopic (exact) mass is 304 g/mol. The van der Waals surface area contributed by atoms with Gasteiger partial charge in [0, 0.05) is 0 Å². The summed E-state index contributed by atoms with van der Waals surface area (Å²) in [6.45, 7) is 11.8. The van der Waals surface area contributed by atoms with E-state index in [-0.39, 0.29) is 6.10 Å². The first-order valence-electron chi connectivity index (χ1n) is 7.63. The topological polar surface area (TPSA) is 18.5 Å². The highest BCUT2D eigenvalue weighted by Gasteiger charge is 2.15. The van der Waals surface area contributed by atoms with Gasteiger partial charge in [-0.1, -0.05) is 58.0 Å². The van der Waals surface area contributed by atoms with Gasteiger partial charge in [0.2, 0.25) is 0 Å². The van der Waals surface area contributed by atoms with Gasteiger partial charge in [0.05, 0.1) is 13.7 Å². The van der Waals surface area contributed by atoms with Gasteiger partial charge in [0.1, 0.15) is 19.9 Å². The quantitative estimate of drug-likeness (QED) is 0.569. The van der Waals surface area contributed by atoms with E-state index in [9.17, 15) is 0 Å². The maximum Gasteiger partial charge on any atom is 0.129 e. The first-order valence-corrected chi connectivity index (χ1v) is 11.1. The molecule has 1 rings (SSSR count). The van der Waals surface area contributed by atoms with E-state index in [1.807, 2.05) is 24.3 Å². The lowest BCUT2D eigenvalue weighted by molar-refractivity contribution is 0.0432. The van der Waals surface area contributed by atoms with Crippen LogP contribution in [0.4, 0.5) is 0 Å². The van der Waals surface area contributed by atoms with Crippen LogP contribution >= 0.6 is 0 Å². The van der Waals surface area contributed by atoms with Crippen molar-refractivity contribution in [1.82, 2.24) is 0 Å². The highest BCUT2D eigenvalue weighted by Crippen LogP contribution is 2.16. The first kappa shape index (κ1) is 17.8. The summed E-state index contributed by atoms with van der Waals surface area (Å²) in [4.78, 5) is 0. The molecule has 0 spiro atoms. The van der Waals surface area contributed by atoms with Gasteiger partial charge in [-0.05, 0) is 23.6 Å². The Morgan fingerprint density at radius 1 is 1.14 bits per heavy atom. The number of rotatable bonds is 6. The van der Waals surface area contributed by atoms with E-state index < -0.39 is 8.07 Å². The van der Waals surface area contributed by atoms with E-state index in [1.165, 1.54) is 0 Å². The normalized spacial score (nSPS) is 14.0. The summed E-state index contributed by atoms with van der Waals surface area (Å²) in [6, 6.07) is 8.01. The minimum absolute atomic E-state index is 0.0174. The highest BCUT2D eigenvalue weighted by molar-refractivity contribution is 6.83. The predicted molar refractivity (Wildman–Crippen MR) is 92.1 cm³/mol. The Kier molecular flexibility index (Phi) is 7.00. The molecule has 2 atom stereocenters. The Hall–Kier alpha value is -1.24. The fraction of sp³-hybridized carbons (Fsp3) is 0.556. The lowest BCUT2D eigenvalue weighted by atomic mass is 10.0. The van der Waals surface area contributed by atoms with Gasteiger partial charge in [-0.15, -0.1) is 5.54 Å². The average molecular weight is 305 g/mol. The molecule has 1 aromatic carbocycles. The number of hydrogen-bond donors (Lipinski definition) is 0. The molecule has 0 aliphatic heterocycles. The highest BCUT2D eigenvalue weighted by atomic mass is 28.3. The molecule has 2 nitrogen and oxygen atoms in total. The molecule has 0 aliphatic rings. The second-order valence-corrected chi connectivity index (χ2v) is 11.2. The van der Waals surface area contributed by atoms with Crippen LogP contribution in [0.3, 0.4) is 0 Å². The zero-order valence-electron chi connectivity index (χ0n) is 14.2. The van der Waals surface area contributed by atoms with E-state index in [0.29, 0.717) is 12.5 Å². The molecule has 0 heterocycles.